The number of nitrogens with zero attached hydrogens (tertiary/aromatic N) is 2. The Kier molecular flexibility index (Phi) is 4.18. The molecule has 0 aromatic carbocycles. The minimum absolute atomic E-state index is 0.0543. The van der Waals surface area contributed by atoms with Crippen LogP contribution in [-0.2, 0) is 4.79 Å². The van der Waals surface area contributed by atoms with E-state index in [9.17, 15) is 9.59 Å². The van der Waals surface area contributed by atoms with E-state index in [1.54, 1.807) is 12.4 Å². The van der Waals surface area contributed by atoms with Crippen molar-refractivity contribution in [1.82, 2.24) is 14.8 Å². The Morgan fingerprint density at radius 3 is 2.62 bits per heavy atom. The Hall–Kier alpha value is -2.02. The van der Waals surface area contributed by atoms with Gasteiger partial charge in [-0.3, -0.25) is 24.4 Å². The van der Waals surface area contributed by atoms with Gasteiger partial charge in [0.05, 0.1) is 22.6 Å². The van der Waals surface area contributed by atoms with Gasteiger partial charge in [0.2, 0.25) is 5.91 Å². The maximum atomic E-state index is 12.7. The number of carbonyl (C=O) groups is 1. The van der Waals surface area contributed by atoms with Gasteiger partial charge in [-0.2, -0.15) is 0 Å². The molecule has 1 atom stereocenters. The second-order valence-corrected chi connectivity index (χ2v) is 7.48. The zero-order chi connectivity index (χ0) is 16.5. The van der Waals surface area contributed by atoms with E-state index >= 15 is 0 Å². The summed E-state index contributed by atoms with van der Waals surface area (Å²) in [6.07, 6.45) is 9.10. The summed E-state index contributed by atoms with van der Waals surface area (Å²) in [5, 5.41) is 5.80. The molecule has 3 heterocycles. The average molecular weight is 344 g/mol. The van der Waals surface area contributed by atoms with E-state index in [-0.39, 0.29) is 22.8 Å². The second-order valence-electron chi connectivity index (χ2n) is 6.38. The van der Waals surface area contributed by atoms with Gasteiger partial charge in [-0.15, -0.1) is 11.8 Å². The molecule has 1 saturated carbocycles. The third-order valence-corrected chi connectivity index (χ3v) is 6.08. The molecule has 1 fully saturated rings. The molecule has 0 saturated heterocycles. The lowest BCUT2D eigenvalue weighted by atomic mass is 9.95. The first-order valence-electron chi connectivity index (χ1n) is 8.40. The molecule has 1 aliphatic carbocycles. The van der Waals surface area contributed by atoms with E-state index in [0.29, 0.717) is 17.1 Å². The van der Waals surface area contributed by atoms with Crippen molar-refractivity contribution in [2.45, 2.75) is 43.4 Å². The predicted molar refractivity (Wildman–Crippen MR) is 94.3 cm³/mol. The van der Waals surface area contributed by atoms with Crippen molar-refractivity contribution in [1.29, 1.82) is 0 Å². The van der Waals surface area contributed by atoms with Gasteiger partial charge in [-0.25, -0.2) is 0 Å². The van der Waals surface area contributed by atoms with Gasteiger partial charge < -0.3 is 5.32 Å². The van der Waals surface area contributed by atoms with Gasteiger partial charge in [0.1, 0.15) is 5.82 Å². The number of aromatic amines is 1. The Bertz CT molecular complexity index is 793. The van der Waals surface area contributed by atoms with Crippen LogP contribution < -0.4 is 10.9 Å². The summed E-state index contributed by atoms with van der Waals surface area (Å²) >= 11 is 1.49. The second kappa shape index (κ2) is 6.47. The van der Waals surface area contributed by atoms with Crippen LogP contribution in [0.1, 0.15) is 54.5 Å². The van der Waals surface area contributed by atoms with Crippen LogP contribution in [0, 0.1) is 0 Å². The Labute approximate surface area is 144 Å². The summed E-state index contributed by atoms with van der Waals surface area (Å²) in [6.45, 7) is 0. The first-order chi connectivity index (χ1) is 11.7. The Morgan fingerprint density at radius 1 is 1.12 bits per heavy atom. The smallest absolute Gasteiger partial charge is 0.270 e. The molecule has 126 valence electrons. The number of fused-ring (bicyclic) bond motifs is 1. The van der Waals surface area contributed by atoms with Crippen molar-refractivity contribution in [2.75, 3.05) is 11.1 Å². The summed E-state index contributed by atoms with van der Waals surface area (Å²) in [5.41, 5.74) is 1.55. The maximum Gasteiger partial charge on any atom is 0.270 e. The van der Waals surface area contributed by atoms with E-state index in [0.717, 1.165) is 31.2 Å². The molecule has 0 radical (unpaired) electrons. The number of hydrogen-bond acceptors (Lipinski definition) is 4. The first kappa shape index (κ1) is 15.5. The molecule has 24 heavy (non-hydrogen) atoms. The van der Waals surface area contributed by atoms with Crippen LogP contribution in [0.15, 0.2) is 29.3 Å². The van der Waals surface area contributed by atoms with Crippen LogP contribution in [0.4, 0.5) is 5.82 Å². The predicted octanol–water partition coefficient (Wildman–Crippen LogP) is 2.85. The highest BCUT2D eigenvalue weighted by Gasteiger charge is 2.32. The molecule has 7 heteroatoms. The van der Waals surface area contributed by atoms with E-state index in [1.807, 2.05) is 16.8 Å². The van der Waals surface area contributed by atoms with Gasteiger partial charge in [-0.1, -0.05) is 19.3 Å². The van der Waals surface area contributed by atoms with Crippen molar-refractivity contribution in [3.63, 3.8) is 0 Å². The zero-order valence-corrected chi connectivity index (χ0v) is 14.1. The first-order valence-corrected chi connectivity index (χ1v) is 9.44. The fourth-order valence-corrected chi connectivity index (χ4v) is 4.78. The largest absolute Gasteiger partial charge is 0.310 e. The van der Waals surface area contributed by atoms with E-state index < -0.39 is 0 Å². The van der Waals surface area contributed by atoms with Crippen molar-refractivity contribution in [2.24, 2.45) is 0 Å². The number of rotatable bonds is 2. The number of hydrogen-bond donors (Lipinski definition) is 2. The molecular weight excluding hydrogens is 324 g/mol. The molecule has 0 unspecified atom stereocenters. The number of thioether (sulfide) groups is 1. The third-order valence-electron chi connectivity index (χ3n) is 4.81. The minimum Gasteiger partial charge on any atom is -0.310 e. The lowest BCUT2D eigenvalue weighted by molar-refractivity contribution is -0.113. The number of anilines is 1. The van der Waals surface area contributed by atoms with Crippen LogP contribution in [0.3, 0.4) is 0 Å². The molecule has 6 nitrogen and oxygen atoms in total. The SMILES string of the molecule is O=C1CS[C@@H](c2ccncc2)c2c(n(C3CCCCC3)[nH]c2=O)N1. The topological polar surface area (TPSA) is 79.8 Å². The van der Waals surface area contributed by atoms with Crippen molar-refractivity contribution < 1.29 is 4.79 Å². The molecule has 0 bridgehead atoms. The van der Waals surface area contributed by atoms with Crippen molar-refractivity contribution >= 4 is 23.5 Å². The number of amides is 1. The molecule has 2 N–H and O–H groups in total. The van der Waals surface area contributed by atoms with E-state index in [2.05, 4.69) is 15.4 Å². The lowest BCUT2D eigenvalue weighted by Gasteiger charge is -2.24. The molecule has 0 spiro atoms. The van der Waals surface area contributed by atoms with Gasteiger partial charge in [0, 0.05) is 12.4 Å². The maximum absolute atomic E-state index is 12.7. The van der Waals surface area contributed by atoms with Gasteiger partial charge in [0.15, 0.2) is 0 Å². The van der Waals surface area contributed by atoms with Crippen LogP contribution in [0.25, 0.3) is 0 Å². The van der Waals surface area contributed by atoms with Crippen molar-refractivity contribution in [3.05, 3.63) is 46.0 Å². The van der Waals surface area contributed by atoms with Gasteiger partial charge in [0.25, 0.3) is 5.56 Å². The molecule has 2 aromatic rings. The minimum atomic E-state index is -0.157. The standard InChI is InChI=1S/C17H20N4O2S/c22-13-10-24-15(11-6-8-18-9-7-11)14-16(19-13)21(20-17(14)23)12-4-2-1-3-5-12/h6-9,12,15H,1-5,10H2,(H,19,22)(H,20,23)/t15-/m0/s1. The number of aromatic nitrogens is 3. The van der Waals surface area contributed by atoms with Crippen LogP contribution in [-0.4, -0.2) is 26.4 Å². The van der Waals surface area contributed by atoms with Crippen LogP contribution in [0.5, 0.6) is 0 Å². The molecule has 1 aliphatic heterocycles. The summed E-state index contributed by atoms with van der Waals surface area (Å²) in [4.78, 5) is 29.0. The fourth-order valence-electron chi connectivity index (χ4n) is 3.66. The van der Waals surface area contributed by atoms with Gasteiger partial charge >= 0.3 is 0 Å². The molecule has 1 amide bonds. The molecule has 2 aliphatic rings. The Balaban J connectivity index is 1.82. The van der Waals surface area contributed by atoms with Gasteiger partial charge in [-0.05, 0) is 30.5 Å². The summed E-state index contributed by atoms with van der Waals surface area (Å²) in [5.74, 6) is 0.941. The monoisotopic (exact) mass is 344 g/mol. The Morgan fingerprint density at radius 2 is 1.88 bits per heavy atom. The number of H-pyrrole nitrogens is 1. The molecule has 2 aromatic heterocycles. The number of nitrogens with one attached hydrogen (secondary N) is 2. The zero-order valence-electron chi connectivity index (χ0n) is 13.3. The van der Waals surface area contributed by atoms with Crippen LogP contribution >= 0.6 is 11.8 Å². The summed E-state index contributed by atoms with van der Waals surface area (Å²) < 4.78 is 1.91. The average Bonchev–Trinajstić information content (AvgIpc) is 2.83. The lowest BCUT2D eigenvalue weighted by Crippen LogP contribution is -2.21. The highest BCUT2D eigenvalue weighted by molar-refractivity contribution is 8.00. The third kappa shape index (κ3) is 2.77. The number of pyridine rings is 1. The summed E-state index contributed by atoms with van der Waals surface area (Å²) in [7, 11) is 0. The highest BCUT2D eigenvalue weighted by atomic mass is 32.2. The quantitative estimate of drug-likeness (QED) is 0.878. The number of carbonyl (C=O) groups excluding carboxylic acids is 1. The molecular formula is C17H20N4O2S. The van der Waals surface area contributed by atoms with Crippen molar-refractivity contribution in [3.8, 4) is 0 Å². The fraction of sp³-hybridized carbons (Fsp3) is 0.471. The summed E-state index contributed by atoms with van der Waals surface area (Å²) in [6, 6.07) is 4.08. The van der Waals surface area contributed by atoms with Crippen LogP contribution in [0.2, 0.25) is 0 Å². The normalized spacial score (nSPS) is 21.8. The molecule has 4 rings (SSSR count). The van der Waals surface area contributed by atoms with E-state index in [1.165, 1.54) is 18.2 Å². The van der Waals surface area contributed by atoms with E-state index in [4.69, 9.17) is 0 Å². The highest BCUT2D eigenvalue weighted by Crippen LogP contribution is 2.41.